The highest BCUT2D eigenvalue weighted by molar-refractivity contribution is 5.90. The zero-order valence-corrected chi connectivity index (χ0v) is 10.4. The van der Waals surface area contributed by atoms with Crippen molar-refractivity contribution in [3.8, 4) is 0 Å². The lowest BCUT2D eigenvalue weighted by molar-refractivity contribution is 0.0629. The molecule has 2 fully saturated rings. The van der Waals surface area contributed by atoms with Crippen LogP contribution in [0.1, 0.15) is 31.2 Å². The maximum atomic E-state index is 12.0. The predicted octanol–water partition coefficient (Wildman–Crippen LogP) is 2.41. The summed E-state index contributed by atoms with van der Waals surface area (Å²) in [6, 6.07) is 7.80. The van der Waals surface area contributed by atoms with E-state index in [1.807, 2.05) is 24.3 Å². The van der Waals surface area contributed by atoms with Crippen LogP contribution in [0.25, 0.3) is 0 Å². The Morgan fingerprint density at radius 1 is 1.22 bits per heavy atom. The maximum absolute atomic E-state index is 12.0. The van der Waals surface area contributed by atoms with Crippen molar-refractivity contribution in [2.45, 2.75) is 37.8 Å². The van der Waals surface area contributed by atoms with Crippen LogP contribution in [0.3, 0.4) is 0 Å². The van der Waals surface area contributed by atoms with E-state index < -0.39 is 0 Å². The molecule has 0 radical (unpaired) electrons. The Labute approximate surface area is 107 Å². The number of benzene rings is 1. The second kappa shape index (κ2) is 4.28. The maximum Gasteiger partial charge on any atom is 0.415 e. The van der Waals surface area contributed by atoms with Gasteiger partial charge in [0.15, 0.2) is 0 Å². The number of ether oxygens (including phenoxy) is 1. The number of amides is 1. The first-order valence-corrected chi connectivity index (χ1v) is 6.52. The second-order valence-corrected chi connectivity index (χ2v) is 5.21. The molecule has 0 aromatic heterocycles. The van der Waals surface area contributed by atoms with Crippen LogP contribution in [-0.2, 0) is 11.3 Å². The number of anilines is 1. The van der Waals surface area contributed by atoms with E-state index in [0.717, 1.165) is 36.9 Å². The van der Waals surface area contributed by atoms with E-state index in [9.17, 15) is 4.79 Å². The topological polar surface area (TPSA) is 55.6 Å². The van der Waals surface area contributed by atoms with Crippen LogP contribution in [0, 0.1) is 0 Å². The van der Waals surface area contributed by atoms with Gasteiger partial charge in [-0.1, -0.05) is 12.1 Å². The number of carbonyl (C=O) groups excluding carboxylic acids is 1. The fourth-order valence-electron chi connectivity index (χ4n) is 2.91. The van der Waals surface area contributed by atoms with E-state index in [1.165, 1.54) is 0 Å². The Kier molecular flexibility index (Phi) is 2.74. The van der Waals surface area contributed by atoms with Crippen LogP contribution in [-0.4, -0.2) is 18.2 Å². The van der Waals surface area contributed by atoms with Gasteiger partial charge in [0, 0.05) is 12.2 Å². The third-order valence-electron chi connectivity index (χ3n) is 3.97. The van der Waals surface area contributed by atoms with Gasteiger partial charge in [-0.3, -0.25) is 4.90 Å². The molecule has 0 unspecified atom stereocenters. The average molecular weight is 246 g/mol. The van der Waals surface area contributed by atoms with Gasteiger partial charge >= 0.3 is 6.09 Å². The Morgan fingerprint density at radius 2 is 1.89 bits per heavy atom. The van der Waals surface area contributed by atoms with Gasteiger partial charge < -0.3 is 10.5 Å². The van der Waals surface area contributed by atoms with E-state index in [2.05, 4.69) is 0 Å². The molecule has 4 heteroatoms. The summed E-state index contributed by atoms with van der Waals surface area (Å²) in [5, 5.41) is 0. The highest BCUT2D eigenvalue weighted by Gasteiger charge is 2.47. The minimum atomic E-state index is -0.219. The Balaban J connectivity index is 1.81. The van der Waals surface area contributed by atoms with Crippen LogP contribution >= 0.6 is 0 Å². The van der Waals surface area contributed by atoms with E-state index >= 15 is 0 Å². The fraction of sp³-hybridized carbons (Fsp3) is 0.500. The first-order chi connectivity index (χ1) is 8.72. The minimum Gasteiger partial charge on any atom is -0.441 e. The molecule has 2 N–H and O–H groups in total. The van der Waals surface area contributed by atoms with E-state index in [-0.39, 0.29) is 11.7 Å². The van der Waals surface area contributed by atoms with Gasteiger partial charge in [0.2, 0.25) is 0 Å². The van der Waals surface area contributed by atoms with Crippen molar-refractivity contribution in [1.29, 1.82) is 0 Å². The van der Waals surface area contributed by atoms with Gasteiger partial charge in [0.25, 0.3) is 0 Å². The van der Waals surface area contributed by atoms with Crippen LogP contribution in [0.4, 0.5) is 10.5 Å². The summed E-state index contributed by atoms with van der Waals surface area (Å²) >= 11 is 0. The smallest absolute Gasteiger partial charge is 0.415 e. The van der Waals surface area contributed by atoms with Gasteiger partial charge in [-0.25, -0.2) is 4.79 Å². The summed E-state index contributed by atoms with van der Waals surface area (Å²) in [5.41, 5.74) is 7.33. The first kappa shape index (κ1) is 11.5. The van der Waals surface area contributed by atoms with Crippen molar-refractivity contribution in [3.63, 3.8) is 0 Å². The van der Waals surface area contributed by atoms with Crippen molar-refractivity contribution >= 4 is 11.8 Å². The summed E-state index contributed by atoms with van der Waals surface area (Å²) in [7, 11) is 0. The largest absolute Gasteiger partial charge is 0.441 e. The highest BCUT2D eigenvalue weighted by Crippen LogP contribution is 2.39. The summed E-state index contributed by atoms with van der Waals surface area (Å²) in [6.07, 6.45) is 4.10. The van der Waals surface area contributed by atoms with Gasteiger partial charge in [-0.15, -0.1) is 0 Å². The lowest BCUT2D eigenvalue weighted by Gasteiger charge is -2.20. The summed E-state index contributed by atoms with van der Waals surface area (Å²) in [6.45, 7) is 1.21. The van der Waals surface area contributed by atoms with Gasteiger partial charge in [-0.05, 0) is 43.4 Å². The molecule has 1 aromatic carbocycles. The van der Waals surface area contributed by atoms with Gasteiger partial charge in [0.05, 0.1) is 6.54 Å². The first-order valence-electron chi connectivity index (χ1n) is 6.52. The molecular weight excluding hydrogens is 228 g/mol. The fourth-order valence-corrected chi connectivity index (χ4v) is 2.91. The molecule has 2 aliphatic rings. The molecular formula is C14H18N2O2. The number of hydrogen-bond acceptors (Lipinski definition) is 3. The molecule has 0 atom stereocenters. The summed E-state index contributed by atoms with van der Waals surface area (Å²) in [4.78, 5) is 13.7. The van der Waals surface area contributed by atoms with E-state index in [0.29, 0.717) is 13.1 Å². The third-order valence-corrected chi connectivity index (χ3v) is 3.97. The number of hydrogen-bond donors (Lipinski definition) is 1. The molecule has 1 amide bonds. The predicted molar refractivity (Wildman–Crippen MR) is 69.4 cm³/mol. The van der Waals surface area contributed by atoms with E-state index in [4.69, 9.17) is 10.5 Å². The zero-order valence-electron chi connectivity index (χ0n) is 10.4. The van der Waals surface area contributed by atoms with Crippen LogP contribution < -0.4 is 10.6 Å². The van der Waals surface area contributed by atoms with Crippen molar-refractivity contribution in [2.75, 3.05) is 11.4 Å². The zero-order chi connectivity index (χ0) is 12.6. The lowest BCUT2D eigenvalue weighted by atomic mass is 10.0. The highest BCUT2D eigenvalue weighted by atomic mass is 16.6. The normalized spacial score (nSPS) is 21.6. The number of rotatable bonds is 2. The molecule has 1 aliphatic carbocycles. The quantitative estimate of drug-likeness (QED) is 0.871. The summed E-state index contributed by atoms with van der Waals surface area (Å²) < 4.78 is 5.60. The SMILES string of the molecule is NCc1ccc(N2CC3(CCCC3)OC2=O)cc1. The van der Waals surface area contributed by atoms with Crippen molar-refractivity contribution in [1.82, 2.24) is 0 Å². The van der Waals surface area contributed by atoms with Crippen LogP contribution in [0.5, 0.6) is 0 Å². The molecule has 1 aromatic rings. The molecule has 1 heterocycles. The molecule has 1 aliphatic heterocycles. The summed E-state index contributed by atoms with van der Waals surface area (Å²) in [5.74, 6) is 0. The Morgan fingerprint density at radius 3 is 2.50 bits per heavy atom. The molecule has 3 rings (SSSR count). The number of nitrogens with zero attached hydrogens (tertiary/aromatic N) is 1. The van der Waals surface area contributed by atoms with E-state index in [1.54, 1.807) is 4.90 Å². The molecule has 1 spiro atoms. The molecule has 1 saturated heterocycles. The standard InChI is InChI=1S/C14H18N2O2/c15-9-11-3-5-12(6-4-11)16-10-14(18-13(16)17)7-1-2-8-14/h3-6H,1-2,7-10,15H2. The van der Waals surface area contributed by atoms with Gasteiger partial charge in [0.1, 0.15) is 5.60 Å². The molecule has 4 nitrogen and oxygen atoms in total. The monoisotopic (exact) mass is 246 g/mol. The molecule has 0 bridgehead atoms. The molecule has 1 saturated carbocycles. The van der Waals surface area contributed by atoms with Crippen molar-refractivity contribution in [2.24, 2.45) is 5.73 Å². The Hall–Kier alpha value is -1.55. The average Bonchev–Trinajstić information content (AvgIpc) is 2.97. The van der Waals surface area contributed by atoms with Crippen molar-refractivity contribution in [3.05, 3.63) is 29.8 Å². The van der Waals surface area contributed by atoms with Crippen LogP contribution in [0.2, 0.25) is 0 Å². The Bertz CT molecular complexity index is 449. The second-order valence-electron chi connectivity index (χ2n) is 5.21. The number of nitrogens with two attached hydrogens (primary N) is 1. The van der Waals surface area contributed by atoms with Gasteiger partial charge in [-0.2, -0.15) is 0 Å². The lowest BCUT2D eigenvalue weighted by Crippen LogP contribution is -2.31. The minimum absolute atomic E-state index is 0.211. The molecule has 18 heavy (non-hydrogen) atoms. The molecule has 96 valence electrons. The number of carbonyl (C=O) groups is 1. The third kappa shape index (κ3) is 1.86. The van der Waals surface area contributed by atoms with Crippen molar-refractivity contribution < 1.29 is 9.53 Å². The van der Waals surface area contributed by atoms with Crippen LogP contribution in [0.15, 0.2) is 24.3 Å².